The predicted molar refractivity (Wildman–Crippen MR) is 68.1 cm³/mol. The lowest BCUT2D eigenvalue weighted by Gasteiger charge is -2.26. The van der Waals surface area contributed by atoms with Crippen LogP contribution in [0.5, 0.6) is 0 Å². The van der Waals surface area contributed by atoms with E-state index in [0.717, 1.165) is 50.5 Å². The summed E-state index contributed by atoms with van der Waals surface area (Å²) >= 11 is 0. The lowest BCUT2D eigenvalue weighted by molar-refractivity contribution is 0.227. The van der Waals surface area contributed by atoms with Crippen LogP contribution >= 0.6 is 0 Å². The Morgan fingerprint density at radius 2 is 1.94 bits per heavy atom. The molecule has 0 bridgehead atoms. The Morgan fingerprint density at radius 1 is 1.28 bits per heavy atom. The van der Waals surface area contributed by atoms with Crippen LogP contribution < -0.4 is 5.73 Å². The first-order chi connectivity index (χ1) is 8.67. The maximum atomic E-state index is 6.35. The van der Waals surface area contributed by atoms with Crippen molar-refractivity contribution in [2.24, 2.45) is 5.73 Å². The lowest BCUT2D eigenvalue weighted by atomic mass is 9.96. The van der Waals surface area contributed by atoms with Crippen molar-refractivity contribution in [3.05, 3.63) is 11.7 Å². The van der Waals surface area contributed by atoms with E-state index in [1.807, 2.05) is 0 Å². The van der Waals surface area contributed by atoms with Crippen LogP contribution in [0.4, 0.5) is 0 Å². The van der Waals surface area contributed by atoms with Crippen molar-refractivity contribution in [1.29, 1.82) is 0 Å². The van der Waals surface area contributed by atoms with Crippen molar-refractivity contribution in [3.63, 3.8) is 0 Å². The zero-order valence-corrected chi connectivity index (χ0v) is 11.1. The van der Waals surface area contributed by atoms with Crippen molar-refractivity contribution < 1.29 is 4.52 Å². The molecule has 5 heteroatoms. The first kappa shape index (κ1) is 12.1. The highest BCUT2D eigenvalue weighted by Gasteiger charge is 2.36. The zero-order valence-electron chi connectivity index (χ0n) is 11.1. The van der Waals surface area contributed by atoms with Crippen LogP contribution in [-0.4, -0.2) is 35.2 Å². The Kier molecular flexibility index (Phi) is 3.11. The Labute approximate surface area is 108 Å². The minimum absolute atomic E-state index is 0.326. The van der Waals surface area contributed by atoms with E-state index in [1.165, 1.54) is 12.8 Å². The molecule has 2 heterocycles. The Hall–Kier alpha value is -0.940. The number of aromatic nitrogens is 2. The molecular weight excluding hydrogens is 228 g/mol. The maximum absolute atomic E-state index is 6.35. The van der Waals surface area contributed by atoms with Gasteiger partial charge in [0.2, 0.25) is 5.89 Å². The van der Waals surface area contributed by atoms with Crippen molar-refractivity contribution >= 4 is 0 Å². The van der Waals surface area contributed by atoms with E-state index in [1.54, 1.807) is 0 Å². The van der Waals surface area contributed by atoms with Crippen molar-refractivity contribution in [2.75, 3.05) is 20.1 Å². The third kappa shape index (κ3) is 2.17. The normalized spacial score (nSPS) is 25.7. The van der Waals surface area contributed by atoms with Gasteiger partial charge in [0.25, 0.3) is 0 Å². The summed E-state index contributed by atoms with van der Waals surface area (Å²) in [4.78, 5) is 6.93. The second-order valence-corrected chi connectivity index (χ2v) is 5.90. The number of nitrogens with two attached hydrogens (primary N) is 1. The summed E-state index contributed by atoms with van der Waals surface area (Å²) in [5.41, 5.74) is 6.03. The third-order valence-electron chi connectivity index (χ3n) is 4.45. The topological polar surface area (TPSA) is 68.2 Å². The van der Waals surface area contributed by atoms with Gasteiger partial charge in [0.15, 0.2) is 5.82 Å². The van der Waals surface area contributed by atoms with Crippen molar-refractivity contribution in [2.45, 2.75) is 50.0 Å². The van der Waals surface area contributed by atoms with Gasteiger partial charge in [-0.15, -0.1) is 0 Å². The van der Waals surface area contributed by atoms with Gasteiger partial charge in [-0.25, -0.2) is 0 Å². The van der Waals surface area contributed by atoms with E-state index in [4.69, 9.17) is 10.3 Å². The summed E-state index contributed by atoms with van der Waals surface area (Å²) < 4.78 is 5.46. The fraction of sp³-hybridized carbons (Fsp3) is 0.846. The Balaban J connectivity index is 1.73. The highest BCUT2D eigenvalue weighted by atomic mass is 16.5. The quantitative estimate of drug-likeness (QED) is 0.863. The number of piperidine rings is 1. The largest absolute Gasteiger partial charge is 0.339 e. The summed E-state index contributed by atoms with van der Waals surface area (Å²) in [6.45, 7) is 2.21. The van der Waals surface area contributed by atoms with Crippen LogP contribution in [0, 0.1) is 0 Å². The molecule has 5 nitrogen and oxygen atoms in total. The molecule has 1 aromatic rings. The molecular formula is C13H22N4O. The molecule has 0 radical (unpaired) electrons. The fourth-order valence-corrected chi connectivity index (χ4v) is 3.09. The predicted octanol–water partition coefficient (Wildman–Crippen LogP) is 1.61. The third-order valence-corrected chi connectivity index (χ3v) is 4.45. The van der Waals surface area contributed by atoms with Crippen LogP contribution in [0.25, 0.3) is 0 Å². The average Bonchev–Trinajstić information content (AvgIpc) is 2.99. The van der Waals surface area contributed by atoms with Crippen LogP contribution in [0.3, 0.4) is 0 Å². The SMILES string of the molecule is CN1CCC(c2nc(C3(N)CCCC3)no2)CC1. The molecule has 1 aliphatic carbocycles. The van der Waals surface area contributed by atoms with E-state index in [-0.39, 0.29) is 5.54 Å². The van der Waals surface area contributed by atoms with Crippen molar-refractivity contribution in [3.8, 4) is 0 Å². The molecule has 1 saturated carbocycles. The molecule has 2 aliphatic rings. The van der Waals surface area contributed by atoms with E-state index in [9.17, 15) is 0 Å². The molecule has 2 fully saturated rings. The van der Waals surface area contributed by atoms with E-state index in [0.29, 0.717) is 5.92 Å². The molecule has 0 amide bonds. The summed E-state index contributed by atoms with van der Waals surface area (Å²) in [5.74, 6) is 1.95. The Morgan fingerprint density at radius 3 is 2.61 bits per heavy atom. The molecule has 0 aromatic carbocycles. The molecule has 18 heavy (non-hydrogen) atoms. The zero-order chi connectivity index (χ0) is 12.6. The smallest absolute Gasteiger partial charge is 0.229 e. The number of hydrogen-bond donors (Lipinski definition) is 1. The van der Waals surface area contributed by atoms with Gasteiger partial charge in [0, 0.05) is 5.92 Å². The molecule has 3 rings (SSSR count). The second-order valence-electron chi connectivity index (χ2n) is 5.90. The monoisotopic (exact) mass is 250 g/mol. The van der Waals surface area contributed by atoms with E-state index < -0.39 is 0 Å². The van der Waals surface area contributed by atoms with Crippen LogP contribution in [0.1, 0.15) is 56.2 Å². The van der Waals surface area contributed by atoms with E-state index in [2.05, 4.69) is 22.1 Å². The first-order valence-corrected chi connectivity index (χ1v) is 6.99. The Bertz CT molecular complexity index is 403. The molecule has 2 N–H and O–H groups in total. The van der Waals surface area contributed by atoms with Gasteiger partial charge < -0.3 is 15.2 Å². The van der Waals surface area contributed by atoms with Crippen LogP contribution in [0.2, 0.25) is 0 Å². The highest BCUT2D eigenvalue weighted by molar-refractivity contribution is 5.08. The summed E-state index contributed by atoms with van der Waals surface area (Å²) in [6.07, 6.45) is 6.54. The fourth-order valence-electron chi connectivity index (χ4n) is 3.09. The van der Waals surface area contributed by atoms with Gasteiger partial charge in [-0.3, -0.25) is 0 Å². The first-order valence-electron chi connectivity index (χ1n) is 6.99. The summed E-state index contributed by atoms with van der Waals surface area (Å²) in [6, 6.07) is 0. The van der Waals surface area contributed by atoms with Gasteiger partial charge in [-0.05, 0) is 45.8 Å². The standard InChI is InChI=1S/C13H22N4O/c1-17-8-4-10(5-9-17)11-15-12(16-18-11)13(14)6-2-3-7-13/h10H,2-9,14H2,1H3. The maximum Gasteiger partial charge on any atom is 0.229 e. The average molecular weight is 250 g/mol. The summed E-state index contributed by atoms with van der Waals surface area (Å²) in [7, 11) is 2.16. The lowest BCUT2D eigenvalue weighted by Crippen LogP contribution is -2.34. The number of rotatable bonds is 2. The molecule has 1 aliphatic heterocycles. The summed E-state index contributed by atoms with van der Waals surface area (Å²) in [5, 5.41) is 4.14. The van der Waals surface area contributed by atoms with Gasteiger partial charge in [-0.2, -0.15) is 4.98 Å². The molecule has 0 unspecified atom stereocenters. The van der Waals surface area contributed by atoms with Gasteiger partial charge in [0.05, 0.1) is 5.54 Å². The molecule has 0 spiro atoms. The van der Waals surface area contributed by atoms with E-state index >= 15 is 0 Å². The minimum Gasteiger partial charge on any atom is -0.339 e. The minimum atomic E-state index is -0.326. The molecule has 100 valence electrons. The number of nitrogens with zero attached hydrogens (tertiary/aromatic N) is 3. The van der Waals surface area contributed by atoms with Gasteiger partial charge >= 0.3 is 0 Å². The molecule has 1 saturated heterocycles. The van der Waals surface area contributed by atoms with Crippen LogP contribution in [-0.2, 0) is 5.54 Å². The van der Waals surface area contributed by atoms with Gasteiger partial charge in [0.1, 0.15) is 0 Å². The molecule has 1 aromatic heterocycles. The second kappa shape index (κ2) is 4.63. The number of likely N-dealkylation sites (tertiary alicyclic amines) is 1. The number of hydrogen-bond acceptors (Lipinski definition) is 5. The van der Waals surface area contributed by atoms with Crippen LogP contribution in [0.15, 0.2) is 4.52 Å². The molecule has 0 atom stereocenters. The van der Waals surface area contributed by atoms with Crippen molar-refractivity contribution in [1.82, 2.24) is 15.0 Å². The van der Waals surface area contributed by atoms with Gasteiger partial charge in [-0.1, -0.05) is 18.0 Å². The highest BCUT2D eigenvalue weighted by Crippen LogP contribution is 2.36.